The summed E-state index contributed by atoms with van der Waals surface area (Å²) in [6.45, 7) is 0.477. The summed E-state index contributed by atoms with van der Waals surface area (Å²) in [4.78, 5) is 22.8. The number of nitrogens with zero attached hydrogens (tertiary/aromatic N) is 4. The average Bonchev–Trinajstić information content (AvgIpc) is 3.00. The zero-order chi connectivity index (χ0) is 14.8. The van der Waals surface area contributed by atoms with E-state index in [0.717, 1.165) is 5.76 Å². The van der Waals surface area contributed by atoms with Gasteiger partial charge in [-0.2, -0.15) is 0 Å². The van der Waals surface area contributed by atoms with E-state index in [0.29, 0.717) is 17.4 Å². The van der Waals surface area contributed by atoms with Gasteiger partial charge < -0.3 is 4.42 Å². The van der Waals surface area contributed by atoms with Gasteiger partial charge in [-0.3, -0.25) is 19.2 Å². The molecule has 0 N–H and O–H groups in total. The molecular formula is C15H16N4O2. The Labute approximate surface area is 121 Å². The largest absolute Gasteiger partial charge is 0.468 e. The summed E-state index contributed by atoms with van der Waals surface area (Å²) in [5, 5.41) is 0.574. The molecular weight excluding hydrogens is 268 g/mol. The van der Waals surface area contributed by atoms with Crippen molar-refractivity contribution in [2.45, 2.75) is 12.6 Å². The molecule has 1 unspecified atom stereocenters. The highest BCUT2D eigenvalue weighted by atomic mass is 16.3. The van der Waals surface area contributed by atoms with E-state index in [1.807, 2.05) is 31.1 Å². The van der Waals surface area contributed by atoms with Crippen LogP contribution in [0.5, 0.6) is 0 Å². The van der Waals surface area contributed by atoms with Gasteiger partial charge in [0.05, 0.1) is 35.7 Å². The fraction of sp³-hybridized carbons (Fsp3) is 0.267. The maximum absolute atomic E-state index is 12.5. The summed E-state index contributed by atoms with van der Waals surface area (Å²) in [6, 6.07) is 5.42. The van der Waals surface area contributed by atoms with Gasteiger partial charge in [0, 0.05) is 12.7 Å². The van der Waals surface area contributed by atoms with Crippen LogP contribution in [0.1, 0.15) is 11.8 Å². The van der Waals surface area contributed by atoms with Crippen molar-refractivity contribution in [1.29, 1.82) is 0 Å². The monoisotopic (exact) mass is 284 g/mol. The Bertz CT molecular complexity index is 793. The summed E-state index contributed by atoms with van der Waals surface area (Å²) in [7, 11) is 3.91. The molecule has 3 aromatic rings. The predicted molar refractivity (Wildman–Crippen MR) is 78.9 cm³/mol. The number of hydrogen-bond donors (Lipinski definition) is 0. The van der Waals surface area contributed by atoms with E-state index in [1.165, 1.54) is 0 Å². The molecule has 6 heteroatoms. The summed E-state index contributed by atoms with van der Waals surface area (Å²) in [5.74, 6) is 0.821. The molecule has 0 saturated carbocycles. The summed E-state index contributed by atoms with van der Waals surface area (Å²) in [5.41, 5.74) is 0.541. The second-order valence-corrected chi connectivity index (χ2v) is 5.09. The Morgan fingerprint density at radius 3 is 2.95 bits per heavy atom. The highest BCUT2D eigenvalue weighted by Crippen LogP contribution is 2.20. The van der Waals surface area contributed by atoms with Gasteiger partial charge in [0.25, 0.3) is 5.56 Å². The van der Waals surface area contributed by atoms with Crippen LogP contribution in [-0.4, -0.2) is 33.5 Å². The second-order valence-electron chi connectivity index (χ2n) is 5.09. The summed E-state index contributed by atoms with van der Waals surface area (Å²) < 4.78 is 7.08. The van der Waals surface area contributed by atoms with Crippen molar-refractivity contribution in [3.05, 3.63) is 59.3 Å². The quantitative estimate of drug-likeness (QED) is 0.729. The fourth-order valence-electron chi connectivity index (χ4n) is 2.31. The van der Waals surface area contributed by atoms with Crippen LogP contribution < -0.4 is 5.56 Å². The highest BCUT2D eigenvalue weighted by molar-refractivity contribution is 5.75. The van der Waals surface area contributed by atoms with Gasteiger partial charge in [-0.25, -0.2) is 4.98 Å². The summed E-state index contributed by atoms with van der Waals surface area (Å²) >= 11 is 0. The Kier molecular flexibility index (Phi) is 3.53. The van der Waals surface area contributed by atoms with E-state index >= 15 is 0 Å². The molecule has 0 aromatic carbocycles. The second kappa shape index (κ2) is 5.49. The average molecular weight is 284 g/mol. The lowest BCUT2D eigenvalue weighted by Crippen LogP contribution is -2.30. The topological polar surface area (TPSA) is 64.2 Å². The van der Waals surface area contributed by atoms with E-state index in [4.69, 9.17) is 4.42 Å². The maximum Gasteiger partial charge on any atom is 0.261 e. The van der Waals surface area contributed by atoms with Crippen molar-refractivity contribution in [3.63, 3.8) is 0 Å². The zero-order valence-corrected chi connectivity index (χ0v) is 11.9. The van der Waals surface area contributed by atoms with E-state index in [1.54, 1.807) is 35.6 Å². The molecule has 0 saturated heterocycles. The molecule has 0 aliphatic heterocycles. The van der Waals surface area contributed by atoms with Crippen molar-refractivity contribution < 1.29 is 4.42 Å². The van der Waals surface area contributed by atoms with E-state index in [9.17, 15) is 4.79 Å². The van der Waals surface area contributed by atoms with Crippen molar-refractivity contribution in [2.24, 2.45) is 0 Å². The van der Waals surface area contributed by atoms with Crippen molar-refractivity contribution >= 4 is 10.9 Å². The standard InChI is InChI=1S/C15H16N4O2/c1-18(2)13(14-4-3-7-21-14)9-19-10-17-12-8-16-6-5-11(12)15(19)20/h3-8,10,13H,9H2,1-2H3. The molecule has 0 aliphatic carbocycles. The van der Waals surface area contributed by atoms with Gasteiger partial charge in [-0.1, -0.05) is 0 Å². The van der Waals surface area contributed by atoms with Crippen LogP contribution in [-0.2, 0) is 6.54 Å². The van der Waals surface area contributed by atoms with Gasteiger partial charge in [0.2, 0.25) is 0 Å². The molecule has 0 radical (unpaired) electrons. The van der Waals surface area contributed by atoms with Gasteiger partial charge in [-0.15, -0.1) is 0 Å². The zero-order valence-electron chi connectivity index (χ0n) is 11.9. The molecule has 6 nitrogen and oxygen atoms in total. The van der Waals surface area contributed by atoms with E-state index in [-0.39, 0.29) is 11.6 Å². The molecule has 0 amide bonds. The van der Waals surface area contributed by atoms with Gasteiger partial charge >= 0.3 is 0 Å². The number of aromatic nitrogens is 3. The third-order valence-corrected chi connectivity index (χ3v) is 3.49. The molecule has 0 bridgehead atoms. The van der Waals surface area contributed by atoms with Crippen LogP contribution in [0.25, 0.3) is 10.9 Å². The van der Waals surface area contributed by atoms with Crippen LogP contribution in [0, 0.1) is 0 Å². The molecule has 1 atom stereocenters. The normalized spacial score (nSPS) is 12.9. The third kappa shape index (κ3) is 2.57. The first kappa shape index (κ1) is 13.5. The predicted octanol–water partition coefficient (Wildman–Crippen LogP) is 1.69. The highest BCUT2D eigenvalue weighted by Gasteiger charge is 2.18. The van der Waals surface area contributed by atoms with Crippen molar-refractivity contribution in [3.8, 4) is 0 Å². The lowest BCUT2D eigenvalue weighted by atomic mass is 10.2. The number of likely N-dealkylation sites (N-methyl/N-ethyl adjacent to an activating group) is 1. The van der Waals surface area contributed by atoms with Crippen LogP contribution in [0.3, 0.4) is 0 Å². The number of hydrogen-bond acceptors (Lipinski definition) is 5. The van der Waals surface area contributed by atoms with E-state index in [2.05, 4.69) is 9.97 Å². The van der Waals surface area contributed by atoms with Crippen LogP contribution in [0.4, 0.5) is 0 Å². The molecule has 3 heterocycles. The number of rotatable bonds is 4. The number of furan rings is 1. The molecule has 0 spiro atoms. The van der Waals surface area contributed by atoms with Crippen LogP contribution in [0.15, 0.2) is 52.4 Å². The molecule has 0 aliphatic rings. The molecule has 3 rings (SSSR count). The minimum absolute atomic E-state index is 0.0289. The SMILES string of the molecule is CN(C)C(Cn1cnc2cnccc2c1=O)c1ccco1. The summed E-state index contributed by atoms with van der Waals surface area (Å²) in [6.07, 6.45) is 6.40. The first-order valence-corrected chi connectivity index (χ1v) is 6.66. The number of fused-ring (bicyclic) bond motifs is 1. The lowest BCUT2D eigenvalue weighted by Gasteiger charge is -2.23. The maximum atomic E-state index is 12.5. The van der Waals surface area contributed by atoms with Crippen LogP contribution in [0.2, 0.25) is 0 Å². The van der Waals surface area contributed by atoms with Gasteiger partial charge in [0.15, 0.2) is 0 Å². The molecule has 3 aromatic heterocycles. The van der Waals surface area contributed by atoms with Crippen molar-refractivity contribution in [1.82, 2.24) is 19.4 Å². The fourth-order valence-corrected chi connectivity index (χ4v) is 2.31. The van der Waals surface area contributed by atoms with E-state index < -0.39 is 0 Å². The van der Waals surface area contributed by atoms with Crippen LogP contribution >= 0.6 is 0 Å². The Morgan fingerprint density at radius 2 is 2.24 bits per heavy atom. The third-order valence-electron chi connectivity index (χ3n) is 3.49. The molecule has 21 heavy (non-hydrogen) atoms. The Balaban J connectivity index is 2.01. The minimum Gasteiger partial charge on any atom is -0.468 e. The van der Waals surface area contributed by atoms with Crippen molar-refractivity contribution in [2.75, 3.05) is 14.1 Å². The Morgan fingerprint density at radius 1 is 1.38 bits per heavy atom. The smallest absolute Gasteiger partial charge is 0.261 e. The first-order chi connectivity index (χ1) is 10.2. The minimum atomic E-state index is -0.0687. The first-order valence-electron chi connectivity index (χ1n) is 6.66. The Hall–Kier alpha value is -2.47. The molecule has 0 fully saturated rings. The lowest BCUT2D eigenvalue weighted by molar-refractivity contribution is 0.230. The van der Waals surface area contributed by atoms with Gasteiger partial charge in [0.1, 0.15) is 5.76 Å². The molecule has 108 valence electrons. The van der Waals surface area contributed by atoms with Gasteiger partial charge in [-0.05, 0) is 32.3 Å². The number of pyridine rings is 1.